The van der Waals surface area contributed by atoms with Crippen molar-refractivity contribution in [1.82, 2.24) is 0 Å². The molecule has 3 heteroatoms. The van der Waals surface area contributed by atoms with E-state index in [0.29, 0.717) is 41.2 Å². The zero-order valence-corrected chi connectivity index (χ0v) is 23.3. The first-order chi connectivity index (χ1) is 16.1. The van der Waals surface area contributed by atoms with Gasteiger partial charge in [-0.1, -0.05) is 60.6 Å². The molecule has 34 heavy (non-hydrogen) atoms. The number of fused-ring (bicyclic) bond motifs is 5. The topological polar surface area (TPSA) is 52.3 Å². The van der Waals surface area contributed by atoms with Crippen LogP contribution in [0.15, 0.2) is 12.7 Å². The number of carbonyl (C=O) groups excluding carboxylic acids is 1. The fourth-order valence-corrected chi connectivity index (χ4v) is 9.43. The largest absolute Gasteiger partial charge is 0.461 e. The van der Waals surface area contributed by atoms with Crippen molar-refractivity contribution in [2.24, 2.45) is 51.6 Å². The third kappa shape index (κ3) is 5.02. The van der Waals surface area contributed by atoms with Crippen LogP contribution in [0.3, 0.4) is 0 Å². The van der Waals surface area contributed by atoms with Gasteiger partial charge in [0, 0.05) is 12.5 Å². The van der Waals surface area contributed by atoms with Crippen molar-refractivity contribution in [2.45, 2.75) is 125 Å². The van der Waals surface area contributed by atoms with Crippen LogP contribution in [-0.2, 0) is 9.53 Å². The first-order valence-electron chi connectivity index (χ1n) is 14.6. The second-order valence-electron chi connectivity index (χ2n) is 13.3. The number of hydrogen-bond donors (Lipinski definition) is 1. The first kappa shape index (κ1) is 27.8. The van der Waals surface area contributed by atoms with Crippen LogP contribution in [0.4, 0.5) is 0 Å². The summed E-state index contributed by atoms with van der Waals surface area (Å²) in [6.45, 7) is 18.4. The highest BCUT2D eigenvalue weighted by molar-refractivity contribution is 5.69. The van der Waals surface area contributed by atoms with Crippen LogP contribution >= 0.6 is 0 Å². The summed E-state index contributed by atoms with van der Waals surface area (Å²) < 4.78 is 5.22. The molecule has 0 aromatic heterocycles. The second kappa shape index (κ2) is 11.1. The zero-order chi connectivity index (χ0) is 25.1. The molecule has 0 heterocycles. The van der Waals surface area contributed by atoms with Crippen LogP contribution < -0.4 is 5.73 Å². The minimum atomic E-state index is -0.0647. The Labute approximate surface area is 211 Å². The Morgan fingerprint density at radius 1 is 1.06 bits per heavy atom. The molecule has 0 bridgehead atoms. The van der Waals surface area contributed by atoms with E-state index >= 15 is 0 Å². The van der Waals surface area contributed by atoms with Gasteiger partial charge in [-0.2, -0.15) is 0 Å². The molecule has 0 aromatic carbocycles. The summed E-state index contributed by atoms with van der Waals surface area (Å²) in [5, 5.41) is 0. The molecule has 1 unspecified atom stereocenters. The molecule has 4 aliphatic carbocycles. The lowest BCUT2D eigenvalue weighted by molar-refractivity contribution is -0.157. The van der Waals surface area contributed by atoms with E-state index in [1.54, 1.807) is 6.08 Å². The third-order valence-electron chi connectivity index (χ3n) is 11.3. The van der Waals surface area contributed by atoms with E-state index < -0.39 is 0 Å². The lowest BCUT2D eigenvalue weighted by Crippen LogP contribution is -2.59. The zero-order valence-electron chi connectivity index (χ0n) is 23.3. The average molecular weight is 474 g/mol. The summed E-state index contributed by atoms with van der Waals surface area (Å²) in [6.07, 6.45) is 16.5. The van der Waals surface area contributed by atoms with Gasteiger partial charge < -0.3 is 10.5 Å². The lowest BCUT2D eigenvalue weighted by atomic mass is 9.40. The fraction of sp³-hybridized carbons (Fsp3) is 0.903. The summed E-state index contributed by atoms with van der Waals surface area (Å²) >= 11 is 0. The van der Waals surface area contributed by atoms with Crippen molar-refractivity contribution in [3.8, 4) is 0 Å². The molecule has 0 aliphatic heterocycles. The summed E-state index contributed by atoms with van der Waals surface area (Å²) in [5.41, 5.74) is 7.83. The SMILES string of the molecule is C=CCOC(=O)CC[C@@H](C)C1CC[C@H]2[C@@H]3CC[C@]4(C)C[C@H](N)CC[C@]4(C)[C@H]3CC[C@]12C.CCC. The molecule has 0 aromatic rings. The molecule has 0 saturated heterocycles. The summed E-state index contributed by atoms with van der Waals surface area (Å²) in [5.74, 6) is 3.96. The molecule has 4 saturated carbocycles. The molecule has 3 nitrogen and oxygen atoms in total. The van der Waals surface area contributed by atoms with E-state index in [2.05, 4.69) is 48.1 Å². The van der Waals surface area contributed by atoms with Gasteiger partial charge in [-0.15, -0.1) is 0 Å². The monoisotopic (exact) mass is 473 g/mol. The van der Waals surface area contributed by atoms with Gasteiger partial charge in [-0.25, -0.2) is 0 Å². The van der Waals surface area contributed by atoms with Gasteiger partial charge in [-0.05, 0) is 110 Å². The Balaban J connectivity index is 0.00000103. The molecule has 196 valence electrons. The van der Waals surface area contributed by atoms with E-state index in [-0.39, 0.29) is 5.97 Å². The Morgan fingerprint density at radius 2 is 1.76 bits per heavy atom. The Kier molecular flexibility index (Phi) is 9.02. The summed E-state index contributed by atoms with van der Waals surface area (Å²) in [4.78, 5) is 12.0. The van der Waals surface area contributed by atoms with E-state index in [4.69, 9.17) is 10.5 Å². The van der Waals surface area contributed by atoms with E-state index in [9.17, 15) is 4.79 Å². The fourth-order valence-electron chi connectivity index (χ4n) is 9.43. The van der Waals surface area contributed by atoms with Crippen LogP contribution in [-0.4, -0.2) is 18.6 Å². The van der Waals surface area contributed by atoms with Gasteiger partial charge >= 0.3 is 5.97 Å². The minimum absolute atomic E-state index is 0.0647. The Bertz CT molecular complexity index is 706. The highest BCUT2D eigenvalue weighted by Gasteiger charge is 2.63. The van der Waals surface area contributed by atoms with Gasteiger partial charge in [-0.3, -0.25) is 4.79 Å². The Hall–Kier alpha value is -0.830. The molecule has 0 spiro atoms. The molecule has 0 amide bonds. The maximum Gasteiger partial charge on any atom is 0.306 e. The number of esters is 1. The van der Waals surface area contributed by atoms with Gasteiger partial charge in [0.15, 0.2) is 0 Å². The van der Waals surface area contributed by atoms with E-state index in [1.807, 2.05) is 0 Å². The number of rotatable bonds is 6. The van der Waals surface area contributed by atoms with Crippen molar-refractivity contribution < 1.29 is 9.53 Å². The molecule has 4 rings (SSSR count). The molecule has 2 N–H and O–H groups in total. The van der Waals surface area contributed by atoms with Crippen LogP contribution in [0.5, 0.6) is 0 Å². The minimum Gasteiger partial charge on any atom is -0.461 e. The van der Waals surface area contributed by atoms with Crippen LogP contribution in [0.2, 0.25) is 0 Å². The van der Waals surface area contributed by atoms with Crippen molar-refractivity contribution in [3.05, 3.63) is 12.7 Å². The molecular formula is C31H55NO2. The number of ether oxygens (including phenoxy) is 1. The molecule has 4 aliphatic rings. The average Bonchev–Trinajstić information content (AvgIpc) is 3.14. The highest BCUT2D eigenvalue weighted by atomic mass is 16.5. The van der Waals surface area contributed by atoms with Gasteiger partial charge in [0.25, 0.3) is 0 Å². The van der Waals surface area contributed by atoms with E-state index in [1.165, 1.54) is 64.2 Å². The normalized spacial score (nSPS) is 43.9. The quantitative estimate of drug-likeness (QED) is 0.315. The van der Waals surface area contributed by atoms with Crippen molar-refractivity contribution in [2.75, 3.05) is 6.61 Å². The lowest BCUT2D eigenvalue weighted by Gasteiger charge is -2.65. The standard InChI is InChI=1S/C28H47NO2.C3H8/c1-6-17-31-25(30)10-7-19(2)22-8-9-23-21-12-14-26(3)18-20(29)11-16-28(26,5)24(21)13-15-27(22,23)4;1-3-2/h6,19-24H,1,7-18,29H2,2-5H3;3H2,1-2H3/t19-,20-,21+,22?,23+,24+,26-,27-,28-;/m1./s1. The van der Waals surface area contributed by atoms with Crippen LogP contribution in [0.25, 0.3) is 0 Å². The predicted octanol–water partition coefficient (Wildman–Crippen LogP) is 7.92. The molecular weight excluding hydrogens is 418 g/mol. The number of nitrogens with two attached hydrogens (primary N) is 1. The van der Waals surface area contributed by atoms with Crippen molar-refractivity contribution in [3.63, 3.8) is 0 Å². The van der Waals surface area contributed by atoms with Gasteiger partial charge in [0.05, 0.1) is 0 Å². The number of hydrogen-bond acceptors (Lipinski definition) is 3. The van der Waals surface area contributed by atoms with Crippen molar-refractivity contribution in [1.29, 1.82) is 0 Å². The Morgan fingerprint density at radius 3 is 2.44 bits per heavy atom. The molecule has 9 atom stereocenters. The number of carbonyl (C=O) groups is 1. The second-order valence-corrected chi connectivity index (χ2v) is 13.3. The van der Waals surface area contributed by atoms with Crippen LogP contribution in [0, 0.1) is 45.8 Å². The molecule has 0 radical (unpaired) electrons. The molecule has 4 fully saturated rings. The van der Waals surface area contributed by atoms with E-state index in [0.717, 1.165) is 30.1 Å². The first-order valence-corrected chi connectivity index (χ1v) is 14.6. The van der Waals surface area contributed by atoms with Gasteiger partial charge in [0.1, 0.15) is 6.61 Å². The summed E-state index contributed by atoms with van der Waals surface area (Å²) in [6, 6.07) is 0.415. The summed E-state index contributed by atoms with van der Waals surface area (Å²) in [7, 11) is 0. The highest BCUT2D eigenvalue weighted by Crippen LogP contribution is 2.71. The third-order valence-corrected chi connectivity index (χ3v) is 11.3. The predicted molar refractivity (Wildman–Crippen MR) is 143 cm³/mol. The van der Waals surface area contributed by atoms with Gasteiger partial charge in [0.2, 0.25) is 0 Å². The van der Waals surface area contributed by atoms with Crippen LogP contribution in [0.1, 0.15) is 119 Å². The van der Waals surface area contributed by atoms with Crippen molar-refractivity contribution >= 4 is 5.97 Å². The maximum atomic E-state index is 12.0. The smallest absolute Gasteiger partial charge is 0.306 e. The maximum absolute atomic E-state index is 12.0.